The molecule has 0 radical (unpaired) electrons. The molecular weight excluding hydrogens is 432 g/mol. The molecule has 1 N–H and O–H groups in total. The third-order valence-corrected chi connectivity index (χ3v) is 5.87. The van der Waals surface area contributed by atoms with Gasteiger partial charge in [0, 0.05) is 35.2 Å². The summed E-state index contributed by atoms with van der Waals surface area (Å²) in [6.45, 7) is 1.22. The molecule has 34 heavy (non-hydrogen) atoms. The summed E-state index contributed by atoms with van der Waals surface area (Å²) in [5.41, 5.74) is 3.69. The number of ketones is 2. The van der Waals surface area contributed by atoms with E-state index in [1.165, 1.54) is 0 Å². The van der Waals surface area contributed by atoms with Gasteiger partial charge in [0.25, 0.3) is 0 Å². The Bertz CT molecular complexity index is 1540. The standard InChI is InChI=1S/C25H18N6O3/c32-23-17-4-1-2-5-18(17)24(33)21-19(23)10-11-20-22(21)28-25(27-20)15-6-8-16(9-7-15)34-13-3-12-31-14-26-29-30-31/h1-2,4-11,14H,3,12-13H2,(H,27,28). The van der Waals surface area contributed by atoms with E-state index < -0.39 is 0 Å². The van der Waals surface area contributed by atoms with Gasteiger partial charge in [0.1, 0.15) is 17.9 Å². The van der Waals surface area contributed by atoms with Gasteiger partial charge in [-0.05, 0) is 46.8 Å². The van der Waals surface area contributed by atoms with Crippen LogP contribution < -0.4 is 4.74 Å². The van der Waals surface area contributed by atoms with Gasteiger partial charge in [-0.3, -0.25) is 9.59 Å². The number of carbonyl (C=O) groups excluding carboxylic acids is 2. The van der Waals surface area contributed by atoms with Crippen LogP contribution in [0.15, 0.2) is 67.0 Å². The van der Waals surface area contributed by atoms with Gasteiger partial charge in [-0.15, -0.1) is 5.10 Å². The van der Waals surface area contributed by atoms with Crippen LogP contribution in [0.3, 0.4) is 0 Å². The summed E-state index contributed by atoms with van der Waals surface area (Å²) in [6, 6.07) is 17.9. The van der Waals surface area contributed by atoms with E-state index in [1.54, 1.807) is 47.4 Å². The van der Waals surface area contributed by atoms with Gasteiger partial charge in [0.2, 0.25) is 0 Å². The van der Waals surface area contributed by atoms with Crippen molar-refractivity contribution in [1.29, 1.82) is 0 Å². The molecule has 0 saturated carbocycles. The molecule has 166 valence electrons. The first-order chi connectivity index (χ1) is 16.7. The molecule has 1 aliphatic rings. The lowest BCUT2D eigenvalue weighted by molar-refractivity contribution is 0.0980. The van der Waals surface area contributed by atoms with Crippen LogP contribution >= 0.6 is 0 Å². The third kappa shape index (κ3) is 3.34. The van der Waals surface area contributed by atoms with Gasteiger partial charge in [0.15, 0.2) is 11.6 Å². The van der Waals surface area contributed by atoms with E-state index >= 15 is 0 Å². The minimum atomic E-state index is -0.170. The summed E-state index contributed by atoms with van der Waals surface area (Å²) in [4.78, 5) is 34.1. The number of tetrazole rings is 1. The Kier molecular flexibility index (Phi) is 4.72. The molecule has 0 saturated heterocycles. The summed E-state index contributed by atoms with van der Waals surface area (Å²) in [7, 11) is 0. The van der Waals surface area contributed by atoms with Gasteiger partial charge in [-0.25, -0.2) is 9.67 Å². The van der Waals surface area contributed by atoms with Crippen molar-refractivity contribution < 1.29 is 14.3 Å². The molecule has 2 heterocycles. The van der Waals surface area contributed by atoms with Crippen LogP contribution in [-0.4, -0.2) is 48.3 Å². The summed E-state index contributed by atoms with van der Waals surface area (Å²) < 4.78 is 7.45. The molecule has 1 aliphatic carbocycles. The number of aryl methyl sites for hydroxylation is 1. The van der Waals surface area contributed by atoms with Gasteiger partial charge in [0.05, 0.1) is 23.2 Å². The highest BCUT2D eigenvalue weighted by molar-refractivity contribution is 6.31. The van der Waals surface area contributed by atoms with Crippen LogP contribution in [0.2, 0.25) is 0 Å². The van der Waals surface area contributed by atoms with Crippen LogP contribution in [0.5, 0.6) is 5.75 Å². The van der Waals surface area contributed by atoms with Crippen LogP contribution in [0.25, 0.3) is 22.4 Å². The van der Waals surface area contributed by atoms with E-state index in [9.17, 15) is 9.59 Å². The van der Waals surface area contributed by atoms with Crippen molar-refractivity contribution in [1.82, 2.24) is 30.2 Å². The first-order valence-electron chi connectivity index (χ1n) is 10.8. The van der Waals surface area contributed by atoms with Gasteiger partial charge >= 0.3 is 0 Å². The number of imidazole rings is 1. The van der Waals surface area contributed by atoms with Crippen LogP contribution in [-0.2, 0) is 6.54 Å². The second-order valence-corrected chi connectivity index (χ2v) is 7.97. The maximum Gasteiger partial charge on any atom is 0.196 e. The molecule has 0 amide bonds. The van der Waals surface area contributed by atoms with Crippen molar-refractivity contribution in [3.05, 3.63) is 89.2 Å². The predicted octanol–water partition coefficient (Wildman–Crippen LogP) is 3.46. The number of hydrogen-bond donors (Lipinski definition) is 1. The van der Waals surface area contributed by atoms with Gasteiger partial charge < -0.3 is 9.72 Å². The lowest BCUT2D eigenvalue weighted by Crippen LogP contribution is -2.21. The van der Waals surface area contributed by atoms with Crippen molar-refractivity contribution in [3.63, 3.8) is 0 Å². The van der Waals surface area contributed by atoms with Crippen molar-refractivity contribution in [2.45, 2.75) is 13.0 Å². The smallest absolute Gasteiger partial charge is 0.196 e. The molecule has 0 fully saturated rings. The van der Waals surface area contributed by atoms with E-state index in [4.69, 9.17) is 4.74 Å². The van der Waals surface area contributed by atoms with Gasteiger partial charge in [-0.1, -0.05) is 24.3 Å². The van der Waals surface area contributed by atoms with E-state index in [1.807, 2.05) is 24.3 Å². The molecule has 2 aromatic heterocycles. The Balaban J connectivity index is 1.25. The monoisotopic (exact) mass is 450 g/mol. The van der Waals surface area contributed by atoms with E-state index in [2.05, 4.69) is 25.5 Å². The number of nitrogens with zero attached hydrogens (tertiary/aromatic N) is 5. The molecule has 9 nitrogen and oxygen atoms in total. The summed E-state index contributed by atoms with van der Waals surface area (Å²) in [5, 5.41) is 11.0. The minimum Gasteiger partial charge on any atom is -0.494 e. The number of H-pyrrole nitrogens is 1. The lowest BCUT2D eigenvalue weighted by Gasteiger charge is -2.17. The zero-order chi connectivity index (χ0) is 23.1. The Morgan fingerprint density at radius 1 is 0.882 bits per heavy atom. The molecular formula is C25H18N6O3. The molecule has 0 unspecified atom stereocenters. The Morgan fingerprint density at radius 2 is 1.68 bits per heavy atom. The summed E-state index contributed by atoms with van der Waals surface area (Å²) >= 11 is 0. The highest BCUT2D eigenvalue weighted by atomic mass is 16.5. The Labute approximate surface area is 193 Å². The van der Waals surface area contributed by atoms with Crippen molar-refractivity contribution in [2.24, 2.45) is 0 Å². The zero-order valence-electron chi connectivity index (χ0n) is 17.9. The zero-order valence-corrected chi connectivity index (χ0v) is 17.9. The number of hydrogen-bond acceptors (Lipinski definition) is 7. The highest BCUT2D eigenvalue weighted by Crippen LogP contribution is 2.33. The van der Waals surface area contributed by atoms with Crippen molar-refractivity contribution in [2.75, 3.05) is 6.61 Å². The summed E-state index contributed by atoms with van der Waals surface area (Å²) in [5.74, 6) is 1.04. The number of rotatable bonds is 6. The van der Waals surface area contributed by atoms with Crippen molar-refractivity contribution in [3.8, 4) is 17.1 Å². The number of carbonyl (C=O) groups is 2. The molecule has 9 heteroatoms. The lowest BCUT2D eigenvalue weighted by atomic mass is 9.83. The number of aromatic nitrogens is 6. The molecule has 5 aromatic rings. The second kappa shape index (κ2) is 8.04. The van der Waals surface area contributed by atoms with Crippen molar-refractivity contribution >= 4 is 22.6 Å². The summed E-state index contributed by atoms with van der Waals surface area (Å²) in [6.07, 6.45) is 2.35. The largest absolute Gasteiger partial charge is 0.494 e. The predicted molar refractivity (Wildman–Crippen MR) is 123 cm³/mol. The van der Waals surface area contributed by atoms with Crippen LogP contribution in [0.1, 0.15) is 38.3 Å². The second-order valence-electron chi connectivity index (χ2n) is 7.97. The first-order valence-corrected chi connectivity index (χ1v) is 10.8. The number of fused-ring (bicyclic) bond motifs is 4. The van der Waals surface area contributed by atoms with Crippen LogP contribution in [0, 0.1) is 0 Å². The highest BCUT2D eigenvalue weighted by Gasteiger charge is 2.31. The fraction of sp³-hybridized carbons (Fsp3) is 0.120. The minimum absolute atomic E-state index is 0.148. The Morgan fingerprint density at radius 3 is 2.44 bits per heavy atom. The van der Waals surface area contributed by atoms with E-state index in [-0.39, 0.29) is 11.6 Å². The molecule has 0 bridgehead atoms. The molecule has 0 spiro atoms. The average Bonchev–Trinajstić information content (AvgIpc) is 3.55. The topological polar surface area (TPSA) is 116 Å². The molecule has 0 aliphatic heterocycles. The van der Waals surface area contributed by atoms with E-state index in [0.717, 1.165) is 17.7 Å². The molecule has 0 atom stereocenters. The number of nitrogens with one attached hydrogen (secondary N) is 1. The molecule has 3 aromatic carbocycles. The number of benzene rings is 3. The van der Waals surface area contributed by atoms with E-state index in [0.29, 0.717) is 52.3 Å². The third-order valence-electron chi connectivity index (χ3n) is 5.87. The average molecular weight is 450 g/mol. The maximum absolute atomic E-state index is 13.2. The van der Waals surface area contributed by atoms with Gasteiger partial charge in [-0.2, -0.15) is 0 Å². The fourth-order valence-electron chi connectivity index (χ4n) is 4.21. The number of ether oxygens (including phenoxy) is 1. The quantitative estimate of drug-likeness (QED) is 0.386. The fourth-order valence-corrected chi connectivity index (χ4v) is 4.21. The van der Waals surface area contributed by atoms with Crippen LogP contribution in [0.4, 0.5) is 0 Å². The normalized spacial score (nSPS) is 12.6. The Hall–Kier alpha value is -4.66. The molecule has 6 rings (SSSR count). The SMILES string of the molecule is O=C1c2ccccc2C(=O)c2c1ccc1nc(-c3ccc(OCCCn4cnnn4)cc3)[nH]c21. The maximum atomic E-state index is 13.2. The number of aromatic amines is 1. The first kappa shape index (κ1) is 20.0.